The summed E-state index contributed by atoms with van der Waals surface area (Å²) >= 11 is 0. The second-order valence-electron chi connectivity index (χ2n) is 7.81. The number of aryl methyl sites for hydroxylation is 1. The number of carbonyl (C=O) groups is 2. The van der Waals surface area contributed by atoms with Gasteiger partial charge in [-0.05, 0) is 51.1 Å². The highest BCUT2D eigenvalue weighted by atomic mass is 16.5. The summed E-state index contributed by atoms with van der Waals surface area (Å²) in [6.45, 7) is 7.66. The lowest BCUT2D eigenvalue weighted by atomic mass is 10.1. The third-order valence-electron chi connectivity index (χ3n) is 5.88. The van der Waals surface area contributed by atoms with Crippen molar-refractivity contribution in [3.63, 3.8) is 0 Å². The summed E-state index contributed by atoms with van der Waals surface area (Å²) in [6.07, 6.45) is 0. The number of nitrogens with zero attached hydrogens (tertiary/aromatic N) is 2. The maximum absolute atomic E-state index is 13.1. The second kappa shape index (κ2) is 11.4. The number of amides is 2. The first kappa shape index (κ1) is 25.0. The summed E-state index contributed by atoms with van der Waals surface area (Å²) in [4.78, 5) is 27.1. The SMILES string of the molecule is CCN(CC)C(=O)COc1ccc2c(c1)c(C(=O)NCCOc1ccccc1OC)c(C)n2C. The van der Waals surface area contributed by atoms with Gasteiger partial charge in [0.15, 0.2) is 18.1 Å². The van der Waals surface area contributed by atoms with Gasteiger partial charge in [-0.25, -0.2) is 0 Å². The molecule has 0 spiro atoms. The molecule has 3 aromatic rings. The Morgan fingerprint density at radius 2 is 1.74 bits per heavy atom. The summed E-state index contributed by atoms with van der Waals surface area (Å²) in [6, 6.07) is 12.9. The van der Waals surface area contributed by atoms with Gasteiger partial charge in [0, 0.05) is 36.7 Å². The number of hydrogen-bond acceptors (Lipinski definition) is 5. The lowest BCUT2D eigenvalue weighted by Gasteiger charge is -2.18. The van der Waals surface area contributed by atoms with Gasteiger partial charge in [0.2, 0.25) is 0 Å². The van der Waals surface area contributed by atoms with E-state index in [1.807, 2.05) is 74.9 Å². The van der Waals surface area contributed by atoms with Crippen LogP contribution < -0.4 is 19.5 Å². The fourth-order valence-electron chi connectivity index (χ4n) is 3.89. The average Bonchev–Trinajstić information content (AvgIpc) is 3.10. The Hall–Kier alpha value is -3.68. The van der Waals surface area contributed by atoms with Gasteiger partial charge in [-0.3, -0.25) is 9.59 Å². The summed E-state index contributed by atoms with van der Waals surface area (Å²) in [5.41, 5.74) is 2.33. The first-order valence-electron chi connectivity index (χ1n) is 11.4. The lowest BCUT2D eigenvalue weighted by molar-refractivity contribution is -0.132. The van der Waals surface area contributed by atoms with E-state index in [0.717, 1.165) is 16.6 Å². The molecule has 0 aliphatic heterocycles. The normalized spacial score (nSPS) is 10.7. The molecule has 0 radical (unpaired) electrons. The topological polar surface area (TPSA) is 82.0 Å². The van der Waals surface area contributed by atoms with E-state index >= 15 is 0 Å². The van der Waals surface area contributed by atoms with Crippen LogP contribution in [0.5, 0.6) is 17.2 Å². The van der Waals surface area contributed by atoms with Gasteiger partial charge < -0.3 is 29.0 Å². The lowest BCUT2D eigenvalue weighted by Crippen LogP contribution is -2.34. The molecule has 1 heterocycles. The molecule has 8 nitrogen and oxygen atoms in total. The van der Waals surface area contributed by atoms with Crippen molar-refractivity contribution in [3.8, 4) is 17.2 Å². The highest BCUT2D eigenvalue weighted by molar-refractivity contribution is 6.08. The van der Waals surface area contributed by atoms with Crippen LogP contribution in [0, 0.1) is 6.92 Å². The summed E-state index contributed by atoms with van der Waals surface area (Å²) in [7, 11) is 3.51. The van der Waals surface area contributed by atoms with Crippen molar-refractivity contribution in [3.05, 3.63) is 53.7 Å². The average molecular weight is 468 g/mol. The Balaban J connectivity index is 1.69. The van der Waals surface area contributed by atoms with Crippen LogP contribution in [0.1, 0.15) is 29.9 Å². The summed E-state index contributed by atoms with van der Waals surface area (Å²) in [5, 5.41) is 3.71. The van der Waals surface area contributed by atoms with Crippen molar-refractivity contribution in [1.29, 1.82) is 0 Å². The molecule has 1 N–H and O–H groups in total. The molecular formula is C26H33N3O5. The number of nitrogens with one attached hydrogen (secondary N) is 1. The van der Waals surface area contributed by atoms with E-state index in [-0.39, 0.29) is 18.4 Å². The molecule has 0 saturated carbocycles. The number of ether oxygens (including phenoxy) is 3. The Morgan fingerprint density at radius 1 is 1.03 bits per heavy atom. The predicted molar refractivity (Wildman–Crippen MR) is 132 cm³/mol. The van der Waals surface area contributed by atoms with Gasteiger partial charge in [0.05, 0.1) is 19.2 Å². The molecule has 3 rings (SSSR count). The predicted octanol–water partition coefficient (Wildman–Crippen LogP) is 3.55. The molecule has 34 heavy (non-hydrogen) atoms. The molecule has 2 aromatic carbocycles. The number of para-hydroxylation sites is 2. The zero-order valence-electron chi connectivity index (χ0n) is 20.5. The summed E-state index contributed by atoms with van der Waals surface area (Å²) < 4.78 is 18.8. The van der Waals surface area contributed by atoms with E-state index in [1.54, 1.807) is 12.0 Å². The highest BCUT2D eigenvalue weighted by Crippen LogP contribution is 2.29. The smallest absolute Gasteiger partial charge is 0.260 e. The van der Waals surface area contributed by atoms with Crippen LogP contribution in [0.25, 0.3) is 10.9 Å². The molecule has 0 aliphatic rings. The number of benzene rings is 2. The zero-order chi connectivity index (χ0) is 24.7. The van der Waals surface area contributed by atoms with Gasteiger partial charge in [0.25, 0.3) is 11.8 Å². The van der Waals surface area contributed by atoms with Crippen LogP contribution in [0.15, 0.2) is 42.5 Å². The molecule has 0 aliphatic carbocycles. The van der Waals surface area contributed by atoms with Gasteiger partial charge in [0.1, 0.15) is 12.4 Å². The number of likely N-dealkylation sites (N-methyl/N-ethyl adjacent to an activating group) is 1. The van der Waals surface area contributed by atoms with Crippen molar-refractivity contribution < 1.29 is 23.8 Å². The standard InChI is InChI=1S/C26H33N3O5/c1-6-29(7-2)24(30)17-34-19-12-13-21-20(16-19)25(18(3)28(21)4)26(31)27-14-15-33-23-11-9-8-10-22(23)32-5/h8-13,16H,6-7,14-15,17H2,1-5H3,(H,27,31). The number of aromatic nitrogens is 1. The Bertz CT molecular complexity index is 1150. The van der Waals surface area contributed by atoms with Crippen molar-refractivity contribution >= 4 is 22.7 Å². The number of methoxy groups -OCH3 is 1. The van der Waals surface area contributed by atoms with E-state index in [1.165, 1.54) is 0 Å². The number of carbonyl (C=O) groups excluding carboxylic acids is 2. The molecule has 0 bridgehead atoms. The Labute approximate surface area is 200 Å². The molecule has 8 heteroatoms. The van der Waals surface area contributed by atoms with Crippen LogP contribution >= 0.6 is 0 Å². The van der Waals surface area contributed by atoms with E-state index in [0.29, 0.717) is 49.1 Å². The largest absolute Gasteiger partial charge is 0.493 e. The molecular weight excluding hydrogens is 434 g/mol. The highest BCUT2D eigenvalue weighted by Gasteiger charge is 2.19. The molecule has 0 unspecified atom stereocenters. The molecule has 1 aromatic heterocycles. The van der Waals surface area contributed by atoms with Crippen molar-refractivity contribution in [1.82, 2.24) is 14.8 Å². The van der Waals surface area contributed by atoms with Gasteiger partial charge >= 0.3 is 0 Å². The number of hydrogen-bond donors (Lipinski definition) is 1. The molecule has 2 amide bonds. The Morgan fingerprint density at radius 3 is 2.41 bits per heavy atom. The van der Waals surface area contributed by atoms with Crippen molar-refractivity contribution in [2.45, 2.75) is 20.8 Å². The van der Waals surface area contributed by atoms with E-state index in [2.05, 4.69) is 5.32 Å². The van der Waals surface area contributed by atoms with Crippen molar-refractivity contribution in [2.24, 2.45) is 7.05 Å². The van der Waals surface area contributed by atoms with Crippen LogP contribution in [-0.4, -0.2) is 61.2 Å². The van der Waals surface area contributed by atoms with E-state index < -0.39 is 0 Å². The van der Waals surface area contributed by atoms with Crippen LogP contribution in [0.4, 0.5) is 0 Å². The van der Waals surface area contributed by atoms with Gasteiger partial charge in [-0.2, -0.15) is 0 Å². The maximum Gasteiger partial charge on any atom is 0.260 e. The molecule has 0 fully saturated rings. The van der Waals surface area contributed by atoms with Crippen molar-refractivity contribution in [2.75, 3.05) is 40.0 Å². The summed E-state index contributed by atoms with van der Waals surface area (Å²) in [5.74, 6) is 1.56. The van der Waals surface area contributed by atoms with Crippen LogP contribution in [-0.2, 0) is 11.8 Å². The first-order chi connectivity index (χ1) is 16.4. The van der Waals surface area contributed by atoms with Crippen LogP contribution in [0.3, 0.4) is 0 Å². The minimum absolute atomic E-state index is 0.0409. The minimum atomic E-state index is -0.192. The minimum Gasteiger partial charge on any atom is -0.493 e. The van der Waals surface area contributed by atoms with E-state index in [4.69, 9.17) is 14.2 Å². The Kier molecular flexibility index (Phi) is 8.40. The third-order valence-corrected chi connectivity index (χ3v) is 5.88. The maximum atomic E-state index is 13.1. The number of fused-ring (bicyclic) bond motifs is 1. The van der Waals surface area contributed by atoms with Gasteiger partial charge in [-0.15, -0.1) is 0 Å². The quantitative estimate of drug-likeness (QED) is 0.436. The third kappa shape index (κ3) is 5.44. The first-order valence-corrected chi connectivity index (χ1v) is 11.4. The van der Waals surface area contributed by atoms with E-state index in [9.17, 15) is 9.59 Å². The van der Waals surface area contributed by atoms with Crippen LogP contribution in [0.2, 0.25) is 0 Å². The molecule has 0 atom stereocenters. The zero-order valence-corrected chi connectivity index (χ0v) is 20.5. The fourth-order valence-corrected chi connectivity index (χ4v) is 3.89. The number of rotatable bonds is 11. The monoisotopic (exact) mass is 467 g/mol. The van der Waals surface area contributed by atoms with Gasteiger partial charge in [-0.1, -0.05) is 12.1 Å². The second-order valence-corrected chi connectivity index (χ2v) is 7.81. The molecule has 182 valence electrons. The fraction of sp³-hybridized carbons (Fsp3) is 0.385. The molecule has 0 saturated heterocycles.